The van der Waals surface area contributed by atoms with E-state index < -0.39 is 23.7 Å². The van der Waals surface area contributed by atoms with Gasteiger partial charge in [-0.1, -0.05) is 18.2 Å². The van der Waals surface area contributed by atoms with Crippen molar-refractivity contribution in [3.05, 3.63) is 48.2 Å². The Bertz CT molecular complexity index is 769. The van der Waals surface area contributed by atoms with Crippen LogP contribution in [0.5, 0.6) is 5.75 Å². The van der Waals surface area contributed by atoms with Gasteiger partial charge >= 0.3 is 0 Å². The minimum absolute atomic E-state index is 0.0457. The number of hydrogen-bond donors (Lipinski definition) is 3. The number of nitrogens with zero attached hydrogens (tertiary/aromatic N) is 1. The van der Waals surface area contributed by atoms with Gasteiger partial charge in [-0.05, 0) is 25.1 Å². The summed E-state index contributed by atoms with van der Waals surface area (Å²) in [6.45, 7) is 1.50. The Morgan fingerprint density at radius 2 is 2.00 bits per heavy atom. The molecule has 1 aromatic heterocycles. The highest BCUT2D eigenvalue weighted by Crippen LogP contribution is 2.34. The number of pyridine rings is 1. The molecule has 1 saturated heterocycles. The fourth-order valence-corrected chi connectivity index (χ4v) is 3.71. The second-order valence-electron chi connectivity index (χ2n) is 5.86. The van der Waals surface area contributed by atoms with Gasteiger partial charge in [-0.25, -0.2) is 0 Å². The third-order valence-corrected chi connectivity index (χ3v) is 5.25. The minimum Gasteiger partial charge on any atom is -0.475 e. The molecule has 0 aliphatic carbocycles. The molecule has 1 fully saturated rings. The first kappa shape index (κ1) is 17.9. The number of carbonyl (C=O) groups excluding carboxylic acids is 1. The van der Waals surface area contributed by atoms with Crippen molar-refractivity contribution in [3.8, 4) is 17.0 Å². The van der Waals surface area contributed by atoms with Crippen LogP contribution in [0.4, 0.5) is 0 Å². The van der Waals surface area contributed by atoms with Gasteiger partial charge in [-0.15, -0.1) is 11.8 Å². The van der Waals surface area contributed by atoms with Gasteiger partial charge in [0.1, 0.15) is 23.7 Å². The van der Waals surface area contributed by atoms with E-state index in [1.165, 1.54) is 18.7 Å². The molecule has 1 aliphatic heterocycles. The maximum Gasteiger partial charge on any atom is 0.173 e. The van der Waals surface area contributed by atoms with E-state index in [9.17, 15) is 20.1 Å². The van der Waals surface area contributed by atoms with Crippen LogP contribution in [0.3, 0.4) is 0 Å². The minimum atomic E-state index is -1.26. The van der Waals surface area contributed by atoms with Gasteiger partial charge in [0, 0.05) is 23.1 Å². The number of ether oxygens (including phenoxy) is 1. The molecule has 4 atom stereocenters. The van der Waals surface area contributed by atoms with Crippen LogP contribution in [-0.2, 0) is 0 Å². The molecular formula is C18H19NO5S. The first-order chi connectivity index (χ1) is 12.0. The van der Waals surface area contributed by atoms with Gasteiger partial charge < -0.3 is 20.1 Å². The summed E-state index contributed by atoms with van der Waals surface area (Å²) >= 11 is 1.23. The van der Waals surface area contributed by atoms with Crippen molar-refractivity contribution in [2.75, 3.05) is 5.75 Å². The van der Waals surface area contributed by atoms with Crippen LogP contribution in [0.1, 0.15) is 17.3 Å². The third kappa shape index (κ3) is 3.85. The van der Waals surface area contributed by atoms with E-state index in [1.54, 1.807) is 36.5 Å². The van der Waals surface area contributed by atoms with Crippen LogP contribution in [0.15, 0.2) is 42.6 Å². The highest BCUT2D eigenvalue weighted by molar-refractivity contribution is 7.99. The number of Topliss-reactive ketones (excluding diaryl/α,β-unsaturated/α-hetero) is 1. The highest BCUT2D eigenvalue weighted by Gasteiger charge is 2.38. The number of rotatable bonds is 4. The first-order valence-electron chi connectivity index (χ1n) is 7.86. The monoisotopic (exact) mass is 361 g/mol. The normalized spacial score (nSPS) is 26.2. The molecular weight excluding hydrogens is 342 g/mol. The van der Waals surface area contributed by atoms with Crippen LogP contribution >= 0.6 is 11.8 Å². The largest absolute Gasteiger partial charge is 0.475 e. The van der Waals surface area contributed by atoms with E-state index in [2.05, 4.69) is 4.98 Å². The molecule has 1 aliphatic rings. The number of benzene rings is 1. The lowest BCUT2D eigenvalue weighted by Gasteiger charge is -2.34. The summed E-state index contributed by atoms with van der Waals surface area (Å²) in [7, 11) is 0. The Labute approximate surface area is 149 Å². The van der Waals surface area contributed by atoms with Gasteiger partial charge in [-0.2, -0.15) is 0 Å². The van der Waals surface area contributed by atoms with Crippen molar-refractivity contribution in [3.63, 3.8) is 0 Å². The van der Waals surface area contributed by atoms with Crippen molar-refractivity contribution in [1.82, 2.24) is 4.98 Å². The van der Waals surface area contributed by atoms with Gasteiger partial charge in [0.05, 0.1) is 6.10 Å². The SMILES string of the molecule is CC(=O)c1cccc(-c2ncccc2O[C@H]2SC[C@@H](O)[C@H](O)[C@H]2O)c1. The molecule has 6 nitrogen and oxygen atoms in total. The maximum atomic E-state index is 11.6. The van der Waals surface area contributed by atoms with Crippen LogP contribution in [0, 0.1) is 0 Å². The van der Waals surface area contributed by atoms with Gasteiger partial charge in [0.15, 0.2) is 11.2 Å². The first-order valence-corrected chi connectivity index (χ1v) is 8.91. The molecule has 0 spiro atoms. The second kappa shape index (κ2) is 7.53. The number of thioether (sulfide) groups is 1. The fourth-order valence-electron chi connectivity index (χ4n) is 2.60. The number of aliphatic hydroxyl groups excluding tert-OH is 3. The summed E-state index contributed by atoms with van der Waals surface area (Å²) in [6.07, 6.45) is -1.84. The molecule has 0 saturated carbocycles. The smallest absolute Gasteiger partial charge is 0.173 e. The molecule has 3 N–H and O–H groups in total. The average Bonchev–Trinajstić information content (AvgIpc) is 2.63. The maximum absolute atomic E-state index is 11.6. The zero-order valence-electron chi connectivity index (χ0n) is 13.6. The molecule has 2 aromatic rings. The summed E-state index contributed by atoms with van der Waals surface area (Å²) in [5.74, 6) is 0.650. The molecule has 0 radical (unpaired) electrons. The Morgan fingerprint density at radius 3 is 2.76 bits per heavy atom. The van der Waals surface area contributed by atoms with Crippen molar-refractivity contribution in [2.24, 2.45) is 0 Å². The molecule has 0 unspecified atom stereocenters. The number of carbonyl (C=O) groups is 1. The number of hydrogen-bond acceptors (Lipinski definition) is 7. The Hall–Kier alpha value is -1.93. The highest BCUT2D eigenvalue weighted by atomic mass is 32.2. The van der Waals surface area contributed by atoms with E-state index in [0.29, 0.717) is 17.0 Å². The zero-order chi connectivity index (χ0) is 18.0. The average molecular weight is 361 g/mol. The van der Waals surface area contributed by atoms with Gasteiger partial charge in [0.2, 0.25) is 0 Å². The van der Waals surface area contributed by atoms with Crippen LogP contribution in [-0.4, -0.2) is 55.6 Å². The Kier molecular flexibility index (Phi) is 5.39. The lowest BCUT2D eigenvalue weighted by Crippen LogP contribution is -2.50. The summed E-state index contributed by atoms with van der Waals surface area (Å²) in [4.78, 5) is 15.9. The van der Waals surface area contributed by atoms with Crippen molar-refractivity contribution < 1.29 is 24.9 Å². The molecule has 7 heteroatoms. The molecule has 3 rings (SSSR count). The number of ketones is 1. The Balaban J connectivity index is 1.89. The number of aromatic nitrogens is 1. The van der Waals surface area contributed by atoms with Gasteiger partial charge in [-0.3, -0.25) is 9.78 Å². The summed E-state index contributed by atoms with van der Waals surface area (Å²) in [5, 5.41) is 29.6. The van der Waals surface area contributed by atoms with Crippen molar-refractivity contribution in [2.45, 2.75) is 30.7 Å². The predicted molar refractivity (Wildman–Crippen MR) is 94.6 cm³/mol. The third-order valence-electron chi connectivity index (χ3n) is 4.01. The molecule has 0 amide bonds. The summed E-state index contributed by atoms with van der Waals surface area (Å²) in [6, 6.07) is 10.5. The van der Waals surface area contributed by atoms with Crippen molar-refractivity contribution >= 4 is 17.5 Å². The zero-order valence-corrected chi connectivity index (χ0v) is 14.4. The quantitative estimate of drug-likeness (QED) is 0.709. The lowest BCUT2D eigenvalue weighted by molar-refractivity contribution is -0.0785. The Morgan fingerprint density at radius 1 is 1.20 bits per heavy atom. The second-order valence-corrected chi connectivity index (χ2v) is 6.99. The van der Waals surface area contributed by atoms with E-state index in [4.69, 9.17) is 4.74 Å². The van der Waals surface area contributed by atoms with Crippen LogP contribution < -0.4 is 4.74 Å². The molecule has 25 heavy (non-hydrogen) atoms. The van der Waals surface area contributed by atoms with Gasteiger partial charge in [0.25, 0.3) is 0 Å². The molecule has 2 heterocycles. The van der Waals surface area contributed by atoms with E-state index in [-0.39, 0.29) is 11.5 Å². The van der Waals surface area contributed by atoms with Crippen LogP contribution in [0.25, 0.3) is 11.3 Å². The van der Waals surface area contributed by atoms with E-state index in [0.717, 1.165) is 5.56 Å². The van der Waals surface area contributed by atoms with E-state index in [1.807, 2.05) is 6.07 Å². The summed E-state index contributed by atoms with van der Waals surface area (Å²) in [5.41, 5.74) is 1.11. The molecule has 132 valence electrons. The molecule has 0 bridgehead atoms. The topological polar surface area (TPSA) is 99.9 Å². The van der Waals surface area contributed by atoms with Crippen LogP contribution in [0.2, 0.25) is 0 Å². The van der Waals surface area contributed by atoms with Crippen molar-refractivity contribution in [1.29, 1.82) is 0 Å². The lowest BCUT2D eigenvalue weighted by atomic mass is 10.0. The summed E-state index contributed by atoms with van der Waals surface area (Å²) < 4.78 is 5.87. The van der Waals surface area contributed by atoms with E-state index >= 15 is 0 Å². The fraction of sp³-hybridized carbons (Fsp3) is 0.333. The molecule has 1 aromatic carbocycles. The standard InChI is InChI=1S/C18H19NO5S/c1-10(20)11-4-2-5-12(8-11)15-14(6-3-7-19-15)24-18-17(23)16(22)13(21)9-25-18/h2-8,13,16-18,21-23H,9H2,1H3/t13-,16+,17-,18+/m1/s1. The number of aliphatic hydroxyl groups is 3. The predicted octanol–water partition coefficient (Wildman–Crippen LogP) is 1.49.